The molecule has 0 unspecified atom stereocenters. The summed E-state index contributed by atoms with van der Waals surface area (Å²) < 4.78 is 0. The van der Waals surface area contributed by atoms with Crippen LogP contribution in [0.15, 0.2) is 24.3 Å². The summed E-state index contributed by atoms with van der Waals surface area (Å²) in [5.74, 6) is 1.34. The van der Waals surface area contributed by atoms with Crippen LogP contribution in [0.5, 0.6) is 0 Å². The van der Waals surface area contributed by atoms with E-state index in [0.29, 0.717) is 5.92 Å². The molecule has 1 aromatic carbocycles. The number of hydrogen-bond donors (Lipinski definition) is 0. The van der Waals surface area contributed by atoms with Gasteiger partial charge in [-0.2, -0.15) is 5.26 Å². The fourth-order valence-electron chi connectivity index (χ4n) is 2.91. The van der Waals surface area contributed by atoms with Gasteiger partial charge in [0.25, 0.3) is 0 Å². The predicted molar refractivity (Wildman–Crippen MR) is 75.5 cm³/mol. The van der Waals surface area contributed by atoms with Gasteiger partial charge in [0.1, 0.15) is 0 Å². The first kappa shape index (κ1) is 13.1. The van der Waals surface area contributed by atoms with Crippen LogP contribution in [-0.4, -0.2) is 0 Å². The van der Waals surface area contributed by atoms with E-state index >= 15 is 0 Å². The van der Waals surface area contributed by atoms with Crippen LogP contribution >= 0.6 is 0 Å². The Hall–Kier alpha value is -1.29. The lowest BCUT2D eigenvalue weighted by atomic mass is 9.68. The van der Waals surface area contributed by atoms with Crippen molar-refractivity contribution >= 4 is 0 Å². The lowest BCUT2D eigenvalue weighted by Crippen LogP contribution is -2.29. The Morgan fingerprint density at radius 2 is 1.72 bits per heavy atom. The monoisotopic (exact) mass is 241 g/mol. The average molecular weight is 241 g/mol. The molecule has 1 aliphatic rings. The van der Waals surface area contributed by atoms with Gasteiger partial charge in [0.15, 0.2) is 0 Å². The molecule has 96 valence electrons. The second-order valence-corrected chi connectivity index (χ2v) is 6.15. The van der Waals surface area contributed by atoms with Crippen LogP contribution in [0, 0.1) is 17.2 Å². The molecule has 0 atom stereocenters. The topological polar surface area (TPSA) is 23.8 Å². The molecule has 0 saturated heterocycles. The van der Waals surface area contributed by atoms with Crippen molar-refractivity contribution in [2.24, 2.45) is 5.92 Å². The Morgan fingerprint density at radius 1 is 1.17 bits per heavy atom. The molecule has 1 heteroatoms. The van der Waals surface area contributed by atoms with Crippen LogP contribution in [-0.2, 0) is 5.41 Å². The molecule has 1 aromatic rings. The molecule has 2 rings (SSSR count). The maximum atomic E-state index is 9.61. The van der Waals surface area contributed by atoms with Crippen LogP contribution in [0.3, 0.4) is 0 Å². The number of nitrogens with zero attached hydrogens (tertiary/aromatic N) is 1. The van der Waals surface area contributed by atoms with Crippen LogP contribution in [0.1, 0.15) is 63.5 Å². The van der Waals surface area contributed by atoms with Gasteiger partial charge in [-0.25, -0.2) is 0 Å². The van der Waals surface area contributed by atoms with Crippen molar-refractivity contribution in [2.45, 2.75) is 57.8 Å². The first-order valence-corrected chi connectivity index (χ1v) is 7.09. The summed E-state index contributed by atoms with van der Waals surface area (Å²) in [7, 11) is 0. The highest BCUT2D eigenvalue weighted by atomic mass is 14.4. The van der Waals surface area contributed by atoms with E-state index in [0.717, 1.165) is 18.8 Å². The molecule has 0 N–H and O–H groups in total. The van der Waals surface area contributed by atoms with E-state index in [1.807, 2.05) is 0 Å². The molecule has 0 aliphatic heterocycles. The summed E-state index contributed by atoms with van der Waals surface area (Å²) in [6.07, 6.45) is 4.40. The molecule has 0 heterocycles. The quantitative estimate of drug-likeness (QED) is 0.731. The third-order valence-corrected chi connectivity index (χ3v) is 4.47. The lowest BCUT2D eigenvalue weighted by Gasteiger charge is -2.34. The van der Waals surface area contributed by atoms with E-state index in [9.17, 15) is 5.26 Å². The molecule has 1 saturated carbocycles. The molecule has 18 heavy (non-hydrogen) atoms. The molecule has 1 nitrogen and oxygen atoms in total. The summed E-state index contributed by atoms with van der Waals surface area (Å²) in [5.41, 5.74) is 2.36. The molecular weight excluding hydrogens is 218 g/mol. The molecule has 1 fully saturated rings. The van der Waals surface area contributed by atoms with E-state index < -0.39 is 0 Å². The SMILES string of the molecule is CC1CCC(C#N)(c2ccc(C(C)C)cc2)CC1. The second-order valence-electron chi connectivity index (χ2n) is 6.15. The molecule has 0 radical (unpaired) electrons. The summed E-state index contributed by atoms with van der Waals surface area (Å²) in [5, 5.41) is 9.61. The van der Waals surface area contributed by atoms with Gasteiger partial charge in [-0.3, -0.25) is 0 Å². The van der Waals surface area contributed by atoms with Gasteiger partial charge < -0.3 is 0 Å². The van der Waals surface area contributed by atoms with Crippen LogP contribution in [0.4, 0.5) is 0 Å². The molecule has 0 amide bonds. The van der Waals surface area contributed by atoms with Crippen molar-refractivity contribution in [2.75, 3.05) is 0 Å². The van der Waals surface area contributed by atoms with Crippen molar-refractivity contribution in [3.05, 3.63) is 35.4 Å². The predicted octanol–water partition coefficient (Wildman–Crippen LogP) is 4.78. The molecule has 0 bridgehead atoms. The summed E-state index contributed by atoms with van der Waals surface area (Å²) >= 11 is 0. The van der Waals surface area contributed by atoms with E-state index in [4.69, 9.17) is 0 Å². The maximum Gasteiger partial charge on any atom is 0.0822 e. The summed E-state index contributed by atoms with van der Waals surface area (Å²) in [6.45, 7) is 6.71. The zero-order chi connectivity index (χ0) is 13.2. The Kier molecular flexibility index (Phi) is 3.76. The first-order chi connectivity index (χ1) is 8.57. The van der Waals surface area contributed by atoms with Crippen molar-refractivity contribution in [1.29, 1.82) is 5.26 Å². The van der Waals surface area contributed by atoms with Gasteiger partial charge >= 0.3 is 0 Å². The number of rotatable bonds is 2. The smallest absolute Gasteiger partial charge is 0.0822 e. The Morgan fingerprint density at radius 3 is 2.17 bits per heavy atom. The highest BCUT2D eigenvalue weighted by molar-refractivity contribution is 5.36. The van der Waals surface area contributed by atoms with Crippen LogP contribution < -0.4 is 0 Å². The van der Waals surface area contributed by atoms with Gasteiger partial charge in [-0.1, -0.05) is 45.0 Å². The molecular formula is C17H23N. The number of hydrogen-bond acceptors (Lipinski definition) is 1. The van der Waals surface area contributed by atoms with Crippen molar-refractivity contribution in [1.82, 2.24) is 0 Å². The Labute approximate surface area is 111 Å². The Balaban J connectivity index is 2.26. The zero-order valence-electron chi connectivity index (χ0n) is 11.7. The van der Waals surface area contributed by atoms with Gasteiger partial charge in [-0.05, 0) is 48.6 Å². The average Bonchev–Trinajstić information content (AvgIpc) is 2.40. The van der Waals surface area contributed by atoms with Crippen molar-refractivity contribution in [3.63, 3.8) is 0 Å². The number of nitriles is 1. The summed E-state index contributed by atoms with van der Waals surface area (Å²) in [6, 6.07) is 11.3. The lowest BCUT2D eigenvalue weighted by molar-refractivity contribution is 0.294. The van der Waals surface area contributed by atoms with Gasteiger partial charge in [-0.15, -0.1) is 0 Å². The summed E-state index contributed by atoms with van der Waals surface area (Å²) in [4.78, 5) is 0. The molecule has 0 aromatic heterocycles. The number of benzene rings is 1. The maximum absolute atomic E-state index is 9.61. The minimum Gasteiger partial charge on any atom is -0.197 e. The third kappa shape index (κ3) is 2.43. The fraction of sp³-hybridized carbons (Fsp3) is 0.588. The van der Waals surface area contributed by atoms with Gasteiger partial charge in [0.2, 0.25) is 0 Å². The first-order valence-electron chi connectivity index (χ1n) is 7.09. The van der Waals surface area contributed by atoms with Crippen molar-refractivity contribution < 1.29 is 0 Å². The van der Waals surface area contributed by atoms with E-state index in [-0.39, 0.29) is 5.41 Å². The van der Waals surface area contributed by atoms with Gasteiger partial charge in [0.05, 0.1) is 11.5 Å². The minimum absolute atomic E-state index is 0.220. The highest BCUT2D eigenvalue weighted by Crippen LogP contribution is 2.41. The second kappa shape index (κ2) is 5.14. The highest BCUT2D eigenvalue weighted by Gasteiger charge is 2.35. The van der Waals surface area contributed by atoms with Gasteiger partial charge in [0, 0.05) is 0 Å². The fourth-order valence-corrected chi connectivity index (χ4v) is 2.91. The molecule has 0 spiro atoms. The van der Waals surface area contributed by atoms with E-state index in [1.165, 1.54) is 24.0 Å². The van der Waals surface area contributed by atoms with Crippen molar-refractivity contribution in [3.8, 4) is 6.07 Å². The largest absolute Gasteiger partial charge is 0.197 e. The normalized spacial score (nSPS) is 28.1. The van der Waals surface area contributed by atoms with Crippen LogP contribution in [0.25, 0.3) is 0 Å². The zero-order valence-corrected chi connectivity index (χ0v) is 11.7. The minimum atomic E-state index is -0.220. The van der Waals surface area contributed by atoms with E-state index in [1.54, 1.807) is 0 Å². The standard InChI is InChI=1S/C17H23N/c1-13(2)15-4-6-16(7-5-15)17(12-18)10-8-14(3)9-11-17/h4-7,13-14H,8-11H2,1-3H3. The third-order valence-electron chi connectivity index (χ3n) is 4.47. The molecule has 1 aliphatic carbocycles. The Bertz CT molecular complexity index is 428. The van der Waals surface area contributed by atoms with E-state index in [2.05, 4.69) is 51.1 Å². The van der Waals surface area contributed by atoms with Crippen LogP contribution in [0.2, 0.25) is 0 Å².